The van der Waals surface area contributed by atoms with Gasteiger partial charge in [-0.05, 0) is 49.9 Å². The van der Waals surface area contributed by atoms with Crippen LogP contribution in [0, 0.1) is 5.92 Å². The van der Waals surface area contributed by atoms with Gasteiger partial charge in [-0.2, -0.15) is 0 Å². The van der Waals surface area contributed by atoms with Gasteiger partial charge < -0.3 is 10.0 Å². The Bertz CT molecular complexity index is 516. The molecule has 1 N–H and O–H groups in total. The van der Waals surface area contributed by atoms with Crippen molar-refractivity contribution in [3.05, 3.63) is 29.3 Å². The van der Waals surface area contributed by atoms with Crippen LogP contribution in [-0.4, -0.2) is 40.2 Å². The molecule has 1 aliphatic carbocycles. The Hall–Kier alpha value is -1.20. The summed E-state index contributed by atoms with van der Waals surface area (Å²) in [7, 11) is 0. The minimum absolute atomic E-state index is 0.121. The van der Waals surface area contributed by atoms with Crippen LogP contribution in [0.4, 0.5) is 0 Å². The predicted molar refractivity (Wildman–Crippen MR) is 83.7 cm³/mol. The van der Waals surface area contributed by atoms with Crippen molar-refractivity contribution in [2.75, 3.05) is 13.1 Å². The maximum Gasteiger partial charge on any atom is 0.323 e. The van der Waals surface area contributed by atoms with Crippen LogP contribution in [0.2, 0.25) is 5.02 Å². The van der Waals surface area contributed by atoms with Gasteiger partial charge in [0.05, 0.1) is 5.25 Å². The summed E-state index contributed by atoms with van der Waals surface area (Å²) in [5.41, 5.74) is 0. The Labute approximate surface area is 133 Å². The molecule has 1 atom stereocenters. The Morgan fingerprint density at radius 1 is 1.38 bits per heavy atom. The summed E-state index contributed by atoms with van der Waals surface area (Å²) in [5.74, 6) is -0.613. The SMILES string of the molecule is CC(Sc1ccc(Cl)cc1)C(=O)N(CC(=O)O)CC1CC1. The number of hydrogen-bond donors (Lipinski definition) is 1. The van der Waals surface area contributed by atoms with Gasteiger partial charge in [0.1, 0.15) is 6.54 Å². The van der Waals surface area contributed by atoms with Crippen molar-refractivity contribution in [2.24, 2.45) is 5.92 Å². The average Bonchev–Trinajstić information content (AvgIpc) is 3.23. The Kier molecular flexibility index (Phi) is 5.53. The highest BCUT2D eigenvalue weighted by molar-refractivity contribution is 8.00. The fraction of sp³-hybridized carbons (Fsp3) is 0.467. The maximum atomic E-state index is 12.4. The van der Waals surface area contributed by atoms with Crippen molar-refractivity contribution < 1.29 is 14.7 Å². The monoisotopic (exact) mass is 327 g/mol. The third-order valence-electron chi connectivity index (χ3n) is 3.29. The van der Waals surface area contributed by atoms with Crippen LogP contribution in [-0.2, 0) is 9.59 Å². The second kappa shape index (κ2) is 7.18. The van der Waals surface area contributed by atoms with Crippen molar-refractivity contribution in [3.8, 4) is 0 Å². The van der Waals surface area contributed by atoms with E-state index in [1.54, 1.807) is 12.1 Å². The van der Waals surface area contributed by atoms with Crippen molar-refractivity contribution in [1.29, 1.82) is 0 Å². The van der Waals surface area contributed by atoms with E-state index in [4.69, 9.17) is 16.7 Å². The largest absolute Gasteiger partial charge is 0.480 e. The molecular weight excluding hydrogens is 310 g/mol. The zero-order valence-electron chi connectivity index (χ0n) is 11.8. The molecule has 1 unspecified atom stereocenters. The van der Waals surface area contributed by atoms with E-state index < -0.39 is 5.97 Å². The van der Waals surface area contributed by atoms with Gasteiger partial charge in [0, 0.05) is 16.5 Å². The molecule has 6 heteroatoms. The van der Waals surface area contributed by atoms with Gasteiger partial charge in [0.25, 0.3) is 0 Å². The normalized spacial score (nSPS) is 15.5. The number of halogens is 1. The summed E-state index contributed by atoms with van der Waals surface area (Å²) in [6.07, 6.45) is 2.17. The van der Waals surface area contributed by atoms with E-state index in [1.807, 2.05) is 19.1 Å². The van der Waals surface area contributed by atoms with Gasteiger partial charge in [-0.25, -0.2) is 0 Å². The summed E-state index contributed by atoms with van der Waals surface area (Å²) in [4.78, 5) is 25.8. The van der Waals surface area contributed by atoms with E-state index >= 15 is 0 Å². The van der Waals surface area contributed by atoms with E-state index in [1.165, 1.54) is 16.7 Å². The van der Waals surface area contributed by atoms with Crippen molar-refractivity contribution in [3.63, 3.8) is 0 Å². The highest BCUT2D eigenvalue weighted by Gasteiger charge is 2.30. The van der Waals surface area contributed by atoms with Gasteiger partial charge in [-0.15, -0.1) is 11.8 Å². The first-order valence-corrected chi connectivity index (χ1v) is 8.14. The molecule has 1 aliphatic rings. The Morgan fingerprint density at radius 3 is 2.52 bits per heavy atom. The predicted octanol–water partition coefficient (Wildman–Crippen LogP) is 3.14. The number of aliphatic carboxylic acids is 1. The molecule has 0 bridgehead atoms. The molecule has 0 spiro atoms. The molecule has 0 saturated heterocycles. The third kappa shape index (κ3) is 5.25. The standard InChI is InChI=1S/C15H18ClNO3S/c1-10(21-13-6-4-12(16)5-7-13)15(20)17(9-14(18)19)8-11-2-3-11/h4-7,10-11H,2-3,8-9H2,1H3,(H,18,19). The first-order chi connectivity index (χ1) is 9.95. The number of carbonyl (C=O) groups is 2. The fourth-order valence-electron chi connectivity index (χ4n) is 2.03. The molecule has 0 heterocycles. The van der Waals surface area contributed by atoms with Gasteiger partial charge in [0.2, 0.25) is 5.91 Å². The number of carbonyl (C=O) groups excluding carboxylic acids is 1. The van der Waals surface area contributed by atoms with Crippen LogP contribution in [0.5, 0.6) is 0 Å². The van der Waals surface area contributed by atoms with Crippen molar-refractivity contribution in [2.45, 2.75) is 29.9 Å². The minimum atomic E-state index is -0.965. The van der Waals surface area contributed by atoms with Gasteiger partial charge in [-0.3, -0.25) is 9.59 Å². The lowest BCUT2D eigenvalue weighted by Crippen LogP contribution is -2.41. The number of thioether (sulfide) groups is 1. The number of benzene rings is 1. The maximum absolute atomic E-state index is 12.4. The first-order valence-electron chi connectivity index (χ1n) is 6.88. The van der Waals surface area contributed by atoms with Crippen LogP contribution >= 0.6 is 23.4 Å². The van der Waals surface area contributed by atoms with E-state index in [2.05, 4.69) is 0 Å². The van der Waals surface area contributed by atoms with Crippen LogP contribution in [0.25, 0.3) is 0 Å². The third-order valence-corrected chi connectivity index (χ3v) is 4.64. The van der Waals surface area contributed by atoms with E-state index in [0.717, 1.165) is 17.7 Å². The Balaban J connectivity index is 1.97. The zero-order chi connectivity index (χ0) is 15.4. The van der Waals surface area contributed by atoms with E-state index in [9.17, 15) is 9.59 Å². The lowest BCUT2D eigenvalue weighted by atomic mass is 10.3. The molecule has 0 aromatic heterocycles. The summed E-state index contributed by atoms with van der Waals surface area (Å²) in [5, 5.41) is 9.29. The quantitative estimate of drug-likeness (QED) is 0.782. The van der Waals surface area contributed by atoms with Crippen LogP contribution in [0.1, 0.15) is 19.8 Å². The average molecular weight is 328 g/mol. The topological polar surface area (TPSA) is 57.6 Å². The number of carboxylic acid groups (broad SMARTS) is 1. The lowest BCUT2D eigenvalue weighted by molar-refractivity contribution is -0.144. The second-order valence-electron chi connectivity index (χ2n) is 5.27. The zero-order valence-corrected chi connectivity index (χ0v) is 13.4. The van der Waals surface area contributed by atoms with Crippen LogP contribution in [0.15, 0.2) is 29.2 Å². The van der Waals surface area contributed by atoms with Gasteiger partial charge in [-0.1, -0.05) is 11.6 Å². The molecule has 0 radical (unpaired) electrons. The number of carboxylic acids is 1. The highest BCUT2D eigenvalue weighted by atomic mass is 35.5. The molecule has 1 amide bonds. The molecule has 2 rings (SSSR count). The summed E-state index contributed by atoms with van der Waals surface area (Å²) >= 11 is 7.25. The summed E-state index contributed by atoms with van der Waals surface area (Å²) < 4.78 is 0. The summed E-state index contributed by atoms with van der Waals surface area (Å²) in [6, 6.07) is 7.28. The number of amides is 1. The summed E-state index contributed by atoms with van der Waals surface area (Å²) in [6.45, 7) is 2.14. The van der Waals surface area contributed by atoms with Crippen molar-refractivity contribution in [1.82, 2.24) is 4.90 Å². The fourth-order valence-corrected chi connectivity index (χ4v) is 3.11. The molecule has 1 aromatic carbocycles. The minimum Gasteiger partial charge on any atom is -0.480 e. The molecule has 4 nitrogen and oxygen atoms in total. The van der Waals surface area contributed by atoms with Crippen LogP contribution in [0.3, 0.4) is 0 Å². The number of hydrogen-bond acceptors (Lipinski definition) is 3. The molecule has 0 aliphatic heterocycles. The molecular formula is C15H18ClNO3S. The number of nitrogens with zero attached hydrogens (tertiary/aromatic N) is 1. The van der Waals surface area contributed by atoms with Crippen LogP contribution < -0.4 is 0 Å². The van der Waals surface area contributed by atoms with Gasteiger partial charge in [0.15, 0.2) is 0 Å². The molecule has 1 fully saturated rings. The molecule has 1 aromatic rings. The lowest BCUT2D eigenvalue weighted by Gasteiger charge is -2.24. The molecule has 21 heavy (non-hydrogen) atoms. The Morgan fingerprint density at radius 2 is 2.00 bits per heavy atom. The first kappa shape index (κ1) is 16.2. The second-order valence-corrected chi connectivity index (χ2v) is 7.12. The molecule has 114 valence electrons. The highest BCUT2D eigenvalue weighted by Crippen LogP contribution is 2.31. The van der Waals surface area contributed by atoms with E-state index in [0.29, 0.717) is 17.5 Å². The van der Waals surface area contributed by atoms with Gasteiger partial charge >= 0.3 is 5.97 Å². The van der Waals surface area contributed by atoms with Crippen molar-refractivity contribution >= 4 is 35.2 Å². The van der Waals surface area contributed by atoms with E-state index in [-0.39, 0.29) is 17.7 Å². The smallest absolute Gasteiger partial charge is 0.323 e. The molecule has 1 saturated carbocycles. The number of rotatable bonds is 7.